The predicted molar refractivity (Wildman–Crippen MR) is 121 cm³/mol. The highest BCUT2D eigenvalue weighted by atomic mass is 32.2. The van der Waals surface area contributed by atoms with E-state index in [-0.39, 0.29) is 11.6 Å². The minimum atomic E-state index is -0.487. The number of nitro benzene ring substituents is 1. The first-order valence-corrected chi connectivity index (χ1v) is 10.5. The molecular formula is C23H17N3O5S. The average Bonchev–Trinajstić information content (AvgIpc) is 3.04. The van der Waals surface area contributed by atoms with Gasteiger partial charge in [0.25, 0.3) is 17.5 Å². The molecule has 32 heavy (non-hydrogen) atoms. The lowest BCUT2D eigenvalue weighted by Gasteiger charge is -2.16. The number of nitro groups is 1. The van der Waals surface area contributed by atoms with Gasteiger partial charge in [-0.2, -0.15) is 0 Å². The van der Waals surface area contributed by atoms with Gasteiger partial charge in [0.2, 0.25) is 5.91 Å². The molecule has 1 aliphatic rings. The van der Waals surface area contributed by atoms with E-state index in [0.717, 1.165) is 9.80 Å². The Morgan fingerprint density at radius 1 is 0.969 bits per heavy atom. The summed E-state index contributed by atoms with van der Waals surface area (Å²) in [4.78, 5) is 50.1. The van der Waals surface area contributed by atoms with Crippen molar-refractivity contribution in [3.63, 3.8) is 0 Å². The lowest BCUT2D eigenvalue weighted by atomic mass is 10.1. The molecule has 1 atom stereocenters. The maximum atomic E-state index is 12.7. The number of nitrogens with zero attached hydrogens (tertiary/aromatic N) is 2. The molecular weight excluding hydrogens is 430 g/mol. The molecule has 0 saturated heterocycles. The van der Waals surface area contributed by atoms with E-state index in [1.165, 1.54) is 23.9 Å². The van der Waals surface area contributed by atoms with Crippen molar-refractivity contribution in [3.8, 4) is 0 Å². The molecule has 9 heteroatoms. The van der Waals surface area contributed by atoms with Gasteiger partial charge in [-0.25, -0.2) is 4.90 Å². The monoisotopic (exact) mass is 447 g/mol. The van der Waals surface area contributed by atoms with Crippen LogP contribution in [0.3, 0.4) is 0 Å². The van der Waals surface area contributed by atoms with Crippen molar-refractivity contribution >= 4 is 46.5 Å². The third-order valence-electron chi connectivity index (χ3n) is 4.90. The molecule has 0 fully saturated rings. The van der Waals surface area contributed by atoms with E-state index in [1.54, 1.807) is 67.6 Å². The second-order valence-corrected chi connectivity index (χ2v) is 8.46. The van der Waals surface area contributed by atoms with Gasteiger partial charge in [-0.1, -0.05) is 18.2 Å². The van der Waals surface area contributed by atoms with Gasteiger partial charge in [0.1, 0.15) is 0 Å². The fraction of sp³-hybridized carbons (Fsp3) is 0.0870. The van der Waals surface area contributed by atoms with Gasteiger partial charge in [0.15, 0.2) is 0 Å². The summed E-state index contributed by atoms with van der Waals surface area (Å²) in [5, 5.41) is 13.1. The first-order chi connectivity index (χ1) is 15.3. The number of nitrogens with one attached hydrogen (secondary N) is 1. The standard InChI is InChI=1S/C23H17N3O5S/c1-14(32-18-11-9-16(10-12-18)26(30)31)21(27)24-15-5-4-6-17(13-15)25-22(28)19-7-2-3-8-20(19)23(25)29/h2-14H,1H3,(H,24,27). The Labute approximate surface area is 187 Å². The zero-order valence-corrected chi connectivity index (χ0v) is 17.7. The number of carbonyl (C=O) groups excluding carboxylic acids is 3. The quantitative estimate of drug-likeness (QED) is 0.258. The number of imide groups is 1. The fourth-order valence-electron chi connectivity index (χ4n) is 3.29. The topological polar surface area (TPSA) is 110 Å². The van der Waals surface area contributed by atoms with Gasteiger partial charge in [-0.05, 0) is 49.4 Å². The molecule has 3 aromatic rings. The van der Waals surface area contributed by atoms with Crippen molar-refractivity contribution in [3.05, 3.63) is 94.0 Å². The Hall–Kier alpha value is -3.98. The Bertz CT molecular complexity index is 1210. The summed E-state index contributed by atoms with van der Waals surface area (Å²) < 4.78 is 0. The average molecular weight is 447 g/mol. The van der Waals surface area contributed by atoms with Gasteiger partial charge < -0.3 is 5.32 Å². The molecule has 1 unspecified atom stereocenters. The lowest BCUT2D eigenvalue weighted by molar-refractivity contribution is -0.384. The van der Waals surface area contributed by atoms with Gasteiger partial charge in [0, 0.05) is 22.7 Å². The van der Waals surface area contributed by atoms with Gasteiger partial charge in [0.05, 0.1) is 27.0 Å². The first-order valence-electron chi connectivity index (χ1n) is 9.65. The van der Waals surface area contributed by atoms with E-state index < -0.39 is 22.0 Å². The summed E-state index contributed by atoms with van der Waals surface area (Å²) in [6.45, 7) is 1.72. The van der Waals surface area contributed by atoms with Crippen molar-refractivity contribution in [1.82, 2.24) is 0 Å². The number of amides is 3. The molecule has 0 bridgehead atoms. The van der Waals surface area contributed by atoms with Crippen molar-refractivity contribution < 1.29 is 19.3 Å². The Balaban J connectivity index is 1.46. The molecule has 0 aromatic heterocycles. The molecule has 4 rings (SSSR count). The number of carbonyl (C=O) groups is 3. The van der Waals surface area contributed by atoms with Crippen LogP contribution in [0.25, 0.3) is 0 Å². The smallest absolute Gasteiger partial charge is 0.269 e. The van der Waals surface area contributed by atoms with Crippen molar-refractivity contribution in [1.29, 1.82) is 0 Å². The molecule has 0 aliphatic carbocycles. The fourth-order valence-corrected chi connectivity index (χ4v) is 4.16. The first kappa shape index (κ1) is 21.3. The number of thioether (sulfide) groups is 1. The van der Waals surface area contributed by atoms with Crippen LogP contribution < -0.4 is 10.2 Å². The van der Waals surface area contributed by atoms with Crippen molar-refractivity contribution in [2.75, 3.05) is 10.2 Å². The molecule has 160 valence electrons. The molecule has 3 aromatic carbocycles. The second-order valence-electron chi connectivity index (χ2n) is 7.04. The van der Waals surface area contributed by atoms with Crippen molar-refractivity contribution in [2.45, 2.75) is 17.1 Å². The number of fused-ring (bicyclic) bond motifs is 1. The summed E-state index contributed by atoms with van der Waals surface area (Å²) >= 11 is 1.26. The maximum Gasteiger partial charge on any atom is 0.269 e. The normalized spacial score (nSPS) is 13.6. The molecule has 1 N–H and O–H groups in total. The highest BCUT2D eigenvalue weighted by Gasteiger charge is 2.36. The number of benzene rings is 3. The number of hydrogen-bond acceptors (Lipinski definition) is 6. The number of rotatable bonds is 6. The Morgan fingerprint density at radius 2 is 1.59 bits per heavy atom. The maximum absolute atomic E-state index is 12.7. The number of hydrogen-bond donors (Lipinski definition) is 1. The van der Waals surface area contributed by atoms with Crippen LogP contribution in [0.5, 0.6) is 0 Å². The van der Waals surface area contributed by atoms with E-state index in [1.807, 2.05) is 0 Å². The molecule has 8 nitrogen and oxygen atoms in total. The summed E-state index contributed by atoms with van der Waals surface area (Å²) in [5.74, 6) is -1.10. The third kappa shape index (κ3) is 4.10. The van der Waals surface area contributed by atoms with Crippen LogP contribution in [0, 0.1) is 10.1 Å². The van der Waals surface area contributed by atoms with E-state index in [4.69, 9.17) is 0 Å². The zero-order valence-electron chi connectivity index (χ0n) is 16.8. The van der Waals surface area contributed by atoms with Crippen LogP contribution in [0.2, 0.25) is 0 Å². The van der Waals surface area contributed by atoms with Crippen LogP contribution in [0.1, 0.15) is 27.6 Å². The minimum absolute atomic E-state index is 0.0172. The van der Waals surface area contributed by atoms with Gasteiger partial charge >= 0.3 is 0 Å². The van der Waals surface area contributed by atoms with Gasteiger partial charge in [-0.15, -0.1) is 11.8 Å². The molecule has 3 amide bonds. The summed E-state index contributed by atoms with van der Waals surface area (Å²) in [5.41, 5.74) is 1.49. The van der Waals surface area contributed by atoms with Crippen LogP contribution in [0.15, 0.2) is 77.7 Å². The van der Waals surface area contributed by atoms with Crippen molar-refractivity contribution in [2.24, 2.45) is 0 Å². The molecule has 1 heterocycles. The van der Waals surface area contributed by atoms with E-state index in [9.17, 15) is 24.5 Å². The number of anilines is 2. The molecule has 0 saturated carbocycles. The second kappa shape index (κ2) is 8.64. The summed E-state index contributed by atoms with van der Waals surface area (Å²) in [7, 11) is 0. The van der Waals surface area contributed by atoms with Crippen LogP contribution in [-0.2, 0) is 4.79 Å². The molecule has 0 spiro atoms. The van der Waals surface area contributed by atoms with Crippen LogP contribution >= 0.6 is 11.8 Å². The zero-order chi connectivity index (χ0) is 22.8. The Kier molecular flexibility index (Phi) is 5.74. The minimum Gasteiger partial charge on any atom is -0.325 e. The van der Waals surface area contributed by atoms with Crippen LogP contribution in [0.4, 0.5) is 17.1 Å². The van der Waals surface area contributed by atoms with Crippen LogP contribution in [-0.4, -0.2) is 27.9 Å². The largest absolute Gasteiger partial charge is 0.325 e. The Morgan fingerprint density at radius 3 is 2.19 bits per heavy atom. The van der Waals surface area contributed by atoms with Gasteiger partial charge in [-0.3, -0.25) is 24.5 Å². The van der Waals surface area contributed by atoms with E-state index >= 15 is 0 Å². The summed E-state index contributed by atoms with van der Waals surface area (Å²) in [6, 6.07) is 19.1. The number of non-ortho nitro benzene ring substituents is 1. The highest BCUT2D eigenvalue weighted by Crippen LogP contribution is 2.30. The molecule has 1 aliphatic heterocycles. The molecule has 0 radical (unpaired) electrons. The predicted octanol–water partition coefficient (Wildman–Crippen LogP) is 4.51. The summed E-state index contributed by atoms with van der Waals surface area (Å²) in [6.07, 6.45) is 0. The highest BCUT2D eigenvalue weighted by molar-refractivity contribution is 8.00. The SMILES string of the molecule is CC(Sc1ccc([N+](=O)[O-])cc1)C(=O)Nc1cccc(N2C(=O)c3ccccc3C2=O)c1. The van der Waals surface area contributed by atoms with E-state index in [0.29, 0.717) is 22.5 Å². The van der Waals surface area contributed by atoms with E-state index in [2.05, 4.69) is 5.32 Å². The third-order valence-corrected chi connectivity index (χ3v) is 6.01. The lowest BCUT2D eigenvalue weighted by Crippen LogP contribution is -2.29.